The zero-order valence-electron chi connectivity index (χ0n) is 19.0. The van der Waals surface area contributed by atoms with E-state index in [9.17, 15) is 9.59 Å². The lowest BCUT2D eigenvalue weighted by atomic mass is 9.99. The molecular weight excluding hydrogens is 480 g/mol. The number of thioether (sulfide) groups is 1. The van der Waals surface area contributed by atoms with Crippen LogP contribution < -0.4 is 5.32 Å². The van der Waals surface area contributed by atoms with Crippen LogP contribution in [0.5, 0.6) is 0 Å². The van der Waals surface area contributed by atoms with Gasteiger partial charge in [0, 0.05) is 23.6 Å². The highest BCUT2D eigenvalue weighted by Gasteiger charge is 2.39. The van der Waals surface area contributed by atoms with E-state index in [1.807, 2.05) is 90.8 Å². The molecule has 1 N–H and O–H groups in total. The molecule has 8 heteroatoms. The standard InChI is InChI=1S/C27H23ClN4O2S/c1-17-6-5-9-21(14-17)29-25(33)16-24-26(34)30-27(35-24)32-23(19-10-12-20(28)13-11-19)15-22(31-32)18-7-3-2-4-8-18/h2-14,23-24H,15-16H2,1H3,(H,29,33)/t23-,24-/m1/s1. The number of hydrogen-bond acceptors (Lipinski definition) is 5. The summed E-state index contributed by atoms with van der Waals surface area (Å²) in [4.78, 5) is 29.7. The molecule has 176 valence electrons. The molecule has 3 aromatic carbocycles. The van der Waals surface area contributed by atoms with Crippen LogP contribution in [0.1, 0.15) is 35.6 Å². The molecule has 0 fully saturated rings. The van der Waals surface area contributed by atoms with Crippen molar-refractivity contribution >= 4 is 51.7 Å². The fourth-order valence-corrected chi connectivity index (χ4v) is 5.33. The molecule has 0 spiro atoms. The van der Waals surface area contributed by atoms with E-state index in [2.05, 4.69) is 10.3 Å². The van der Waals surface area contributed by atoms with Gasteiger partial charge in [-0.2, -0.15) is 10.1 Å². The van der Waals surface area contributed by atoms with E-state index in [1.165, 1.54) is 11.8 Å². The molecule has 5 rings (SSSR count). The number of amidine groups is 1. The minimum atomic E-state index is -0.586. The van der Waals surface area contributed by atoms with Gasteiger partial charge in [0.25, 0.3) is 5.91 Å². The van der Waals surface area contributed by atoms with Crippen LogP contribution in [0.2, 0.25) is 5.02 Å². The molecule has 3 aromatic rings. The minimum Gasteiger partial charge on any atom is -0.326 e. The number of carbonyl (C=O) groups excluding carboxylic acids is 2. The zero-order valence-corrected chi connectivity index (χ0v) is 20.6. The van der Waals surface area contributed by atoms with Gasteiger partial charge in [0.05, 0.1) is 11.8 Å². The molecule has 0 aliphatic carbocycles. The Hall–Kier alpha value is -3.42. The van der Waals surface area contributed by atoms with Crippen LogP contribution in [0.15, 0.2) is 89.0 Å². The second-order valence-electron chi connectivity index (χ2n) is 8.49. The number of hydrazone groups is 1. The van der Waals surface area contributed by atoms with Crippen LogP contribution in [0.25, 0.3) is 0 Å². The molecule has 2 amide bonds. The van der Waals surface area contributed by atoms with Crippen molar-refractivity contribution in [2.24, 2.45) is 10.1 Å². The average molecular weight is 503 g/mol. The maximum atomic E-state index is 12.7. The van der Waals surface area contributed by atoms with Gasteiger partial charge >= 0.3 is 0 Å². The first kappa shape index (κ1) is 23.3. The van der Waals surface area contributed by atoms with Crippen LogP contribution in [-0.2, 0) is 9.59 Å². The predicted octanol–water partition coefficient (Wildman–Crippen LogP) is 5.83. The Kier molecular flexibility index (Phi) is 6.70. The van der Waals surface area contributed by atoms with Crippen molar-refractivity contribution in [1.29, 1.82) is 0 Å². The number of hydrogen-bond donors (Lipinski definition) is 1. The molecule has 0 saturated carbocycles. The maximum absolute atomic E-state index is 12.7. The van der Waals surface area contributed by atoms with Gasteiger partial charge in [0.15, 0.2) is 5.17 Å². The number of aliphatic imine (C=N–C) groups is 1. The molecule has 0 unspecified atom stereocenters. The molecule has 35 heavy (non-hydrogen) atoms. The van der Waals surface area contributed by atoms with Crippen molar-refractivity contribution in [2.75, 3.05) is 5.32 Å². The average Bonchev–Trinajstić information content (AvgIpc) is 3.44. The summed E-state index contributed by atoms with van der Waals surface area (Å²) in [5, 5.41) is 10.1. The smallest absolute Gasteiger partial charge is 0.262 e. The molecule has 0 saturated heterocycles. The Morgan fingerprint density at radius 2 is 1.86 bits per heavy atom. The summed E-state index contributed by atoms with van der Waals surface area (Å²) >= 11 is 7.40. The SMILES string of the molecule is Cc1cccc(NC(=O)C[C@H]2SC(N3N=C(c4ccccc4)C[C@@H]3c3ccc(Cl)cc3)=NC2=O)c1. The Labute approximate surface area is 213 Å². The van der Waals surface area contributed by atoms with Crippen LogP contribution in [0.3, 0.4) is 0 Å². The third kappa shape index (κ3) is 5.31. The Morgan fingerprint density at radius 3 is 2.60 bits per heavy atom. The summed E-state index contributed by atoms with van der Waals surface area (Å²) in [6, 6.07) is 25.1. The van der Waals surface area contributed by atoms with Gasteiger partial charge in [-0.3, -0.25) is 9.59 Å². The molecule has 2 aliphatic rings. The molecule has 2 atom stereocenters. The predicted molar refractivity (Wildman–Crippen MR) is 142 cm³/mol. The normalized spacial score (nSPS) is 19.5. The monoisotopic (exact) mass is 502 g/mol. The Balaban J connectivity index is 1.34. The highest BCUT2D eigenvalue weighted by molar-refractivity contribution is 8.15. The molecular formula is C27H23ClN4O2S. The lowest BCUT2D eigenvalue weighted by molar-refractivity contribution is -0.121. The number of aryl methyl sites for hydroxylation is 1. The first-order valence-electron chi connectivity index (χ1n) is 11.3. The summed E-state index contributed by atoms with van der Waals surface area (Å²) in [7, 11) is 0. The molecule has 0 aromatic heterocycles. The topological polar surface area (TPSA) is 74.1 Å². The van der Waals surface area contributed by atoms with E-state index in [1.54, 1.807) is 0 Å². The first-order valence-corrected chi connectivity index (χ1v) is 12.6. The Bertz CT molecular complexity index is 1320. The number of nitrogens with one attached hydrogen (secondary N) is 1. The van der Waals surface area contributed by atoms with E-state index in [0.717, 1.165) is 22.4 Å². The Morgan fingerprint density at radius 1 is 1.09 bits per heavy atom. The second-order valence-corrected chi connectivity index (χ2v) is 10.1. The third-order valence-electron chi connectivity index (χ3n) is 5.87. The molecule has 0 radical (unpaired) electrons. The third-order valence-corrected chi connectivity index (χ3v) is 7.26. The van der Waals surface area contributed by atoms with Gasteiger partial charge < -0.3 is 5.32 Å². The van der Waals surface area contributed by atoms with Crippen molar-refractivity contribution in [3.63, 3.8) is 0 Å². The van der Waals surface area contributed by atoms with Crippen LogP contribution >= 0.6 is 23.4 Å². The van der Waals surface area contributed by atoms with Crippen LogP contribution in [-0.4, -0.2) is 33.0 Å². The largest absolute Gasteiger partial charge is 0.326 e. The van der Waals surface area contributed by atoms with Gasteiger partial charge in [-0.1, -0.05) is 78.0 Å². The summed E-state index contributed by atoms with van der Waals surface area (Å²) < 4.78 is 0. The van der Waals surface area contributed by atoms with E-state index in [0.29, 0.717) is 22.3 Å². The van der Waals surface area contributed by atoms with Crippen LogP contribution in [0, 0.1) is 6.92 Å². The second kappa shape index (κ2) is 10.1. The van der Waals surface area contributed by atoms with Crippen LogP contribution in [0.4, 0.5) is 5.69 Å². The number of benzene rings is 3. The fraction of sp³-hybridized carbons (Fsp3) is 0.185. The summed E-state index contributed by atoms with van der Waals surface area (Å²) in [6.45, 7) is 1.96. The highest BCUT2D eigenvalue weighted by Crippen LogP contribution is 2.38. The zero-order chi connectivity index (χ0) is 24.4. The quantitative estimate of drug-likeness (QED) is 0.476. The van der Waals surface area contributed by atoms with Crippen molar-refractivity contribution in [2.45, 2.75) is 31.1 Å². The molecule has 6 nitrogen and oxygen atoms in total. The van der Waals surface area contributed by atoms with E-state index in [-0.39, 0.29) is 24.3 Å². The number of rotatable bonds is 5. The maximum Gasteiger partial charge on any atom is 0.262 e. The number of halogens is 1. The van der Waals surface area contributed by atoms with E-state index < -0.39 is 5.25 Å². The van der Waals surface area contributed by atoms with Crippen molar-refractivity contribution in [1.82, 2.24) is 5.01 Å². The first-order chi connectivity index (χ1) is 17.0. The van der Waals surface area contributed by atoms with E-state index >= 15 is 0 Å². The van der Waals surface area contributed by atoms with Gasteiger partial charge in [-0.15, -0.1) is 0 Å². The van der Waals surface area contributed by atoms with Gasteiger partial charge in [-0.25, -0.2) is 5.01 Å². The fourth-order valence-electron chi connectivity index (χ4n) is 4.14. The van der Waals surface area contributed by atoms with Gasteiger partial charge in [0.2, 0.25) is 5.91 Å². The molecule has 2 aliphatic heterocycles. The number of nitrogens with zero attached hydrogens (tertiary/aromatic N) is 3. The minimum absolute atomic E-state index is 0.0408. The van der Waals surface area contributed by atoms with Gasteiger partial charge in [0.1, 0.15) is 5.25 Å². The number of amides is 2. The van der Waals surface area contributed by atoms with E-state index in [4.69, 9.17) is 16.7 Å². The van der Waals surface area contributed by atoms with Crippen molar-refractivity contribution in [3.8, 4) is 0 Å². The highest BCUT2D eigenvalue weighted by atomic mass is 35.5. The summed E-state index contributed by atoms with van der Waals surface area (Å²) in [5.41, 5.74) is 4.74. The lowest BCUT2D eigenvalue weighted by Crippen LogP contribution is -2.25. The van der Waals surface area contributed by atoms with Gasteiger partial charge in [-0.05, 0) is 47.9 Å². The summed E-state index contributed by atoms with van der Waals surface area (Å²) in [5.74, 6) is -0.537. The van der Waals surface area contributed by atoms with Crippen molar-refractivity contribution < 1.29 is 9.59 Å². The molecule has 2 heterocycles. The van der Waals surface area contributed by atoms with Crippen molar-refractivity contribution in [3.05, 3.63) is 101 Å². The molecule has 0 bridgehead atoms. The lowest BCUT2D eigenvalue weighted by Gasteiger charge is -2.23. The summed E-state index contributed by atoms with van der Waals surface area (Å²) in [6.07, 6.45) is 0.705. The number of anilines is 1. The number of carbonyl (C=O) groups is 2.